The van der Waals surface area contributed by atoms with E-state index in [0.717, 1.165) is 5.56 Å². The van der Waals surface area contributed by atoms with Gasteiger partial charge in [-0.2, -0.15) is 0 Å². The van der Waals surface area contributed by atoms with Crippen molar-refractivity contribution >= 4 is 11.8 Å². The third kappa shape index (κ3) is 2.76. The van der Waals surface area contributed by atoms with E-state index in [0.29, 0.717) is 25.7 Å². The summed E-state index contributed by atoms with van der Waals surface area (Å²) in [6, 6.07) is 9.15. The average molecular weight is 247 g/mol. The minimum atomic E-state index is -0.437. The zero-order valence-corrected chi connectivity index (χ0v) is 10.2. The summed E-state index contributed by atoms with van der Waals surface area (Å²) in [6.07, 6.45) is 1.93. The van der Waals surface area contributed by atoms with Crippen LogP contribution in [0.3, 0.4) is 0 Å². The van der Waals surface area contributed by atoms with Crippen molar-refractivity contribution in [2.45, 2.75) is 31.7 Å². The van der Waals surface area contributed by atoms with Crippen LogP contribution in [-0.4, -0.2) is 34.5 Å². The molecule has 2 rings (SSSR count). The Kier molecular flexibility index (Phi) is 4.10. The van der Waals surface area contributed by atoms with Gasteiger partial charge < -0.3 is 5.11 Å². The lowest BCUT2D eigenvalue weighted by Crippen LogP contribution is -2.49. The van der Waals surface area contributed by atoms with E-state index < -0.39 is 6.04 Å². The van der Waals surface area contributed by atoms with E-state index in [4.69, 9.17) is 0 Å². The quantitative estimate of drug-likeness (QED) is 0.811. The molecule has 0 aromatic heterocycles. The van der Waals surface area contributed by atoms with Gasteiger partial charge in [0, 0.05) is 12.8 Å². The Bertz CT molecular complexity index is 414. The highest BCUT2D eigenvalue weighted by atomic mass is 16.3. The number of imide groups is 1. The van der Waals surface area contributed by atoms with Crippen molar-refractivity contribution in [2.24, 2.45) is 0 Å². The third-order valence-electron chi connectivity index (χ3n) is 3.21. The minimum Gasteiger partial charge on any atom is -0.394 e. The molecule has 0 bridgehead atoms. The summed E-state index contributed by atoms with van der Waals surface area (Å²) in [4.78, 5) is 24.8. The number of hydrogen-bond acceptors (Lipinski definition) is 3. The maximum atomic E-state index is 11.8. The largest absolute Gasteiger partial charge is 0.394 e. The second-order valence-electron chi connectivity index (χ2n) is 4.54. The summed E-state index contributed by atoms with van der Waals surface area (Å²) >= 11 is 0. The van der Waals surface area contributed by atoms with Crippen molar-refractivity contribution in [1.29, 1.82) is 0 Å². The molecule has 1 heterocycles. The van der Waals surface area contributed by atoms with Gasteiger partial charge in [0.2, 0.25) is 11.8 Å². The summed E-state index contributed by atoms with van der Waals surface area (Å²) in [5.41, 5.74) is 1.02. The number of hydrogen-bond donors (Lipinski definition) is 1. The van der Waals surface area contributed by atoms with E-state index >= 15 is 0 Å². The molecule has 0 aliphatic carbocycles. The van der Waals surface area contributed by atoms with Crippen molar-refractivity contribution in [3.8, 4) is 0 Å². The molecule has 1 N–H and O–H groups in total. The lowest BCUT2D eigenvalue weighted by Gasteiger charge is -2.31. The topological polar surface area (TPSA) is 57.6 Å². The van der Waals surface area contributed by atoms with Crippen molar-refractivity contribution in [2.75, 3.05) is 6.61 Å². The molecule has 2 amide bonds. The van der Waals surface area contributed by atoms with Crippen molar-refractivity contribution in [1.82, 2.24) is 4.90 Å². The predicted molar refractivity (Wildman–Crippen MR) is 66.7 cm³/mol. The molecule has 1 fully saturated rings. The average Bonchev–Trinajstić information content (AvgIpc) is 2.38. The van der Waals surface area contributed by atoms with Crippen molar-refractivity contribution < 1.29 is 14.7 Å². The van der Waals surface area contributed by atoms with Crippen LogP contribution in [0.1, 0.15) is 24.8 Å². The van der Waals surface area contributed by atoms with Gasteiger partial charge in [0.1, 0.15) is 0 Å². The molecular formula is C14H17NO3. The van der Waals surface area contributed by atoms with Crippen LogP contribution in [0.5, 0.6) is 0 Å². The first-order chi connectivity index (χ1) is 8.72. The molecule has 1 aromatic rings. The van der Waals surface area contributed by atoms with Crippen LogP contribution >= 0.6 is 0 Å². The number of carbonyl (C=O) groups is 2. The van der Waals surface area contributed by atoms with Crippen LogP contribution in [0.2, 0.25) is 0 Å². The van der Waals surface area contributed by atoms with Gasteiger partial charge in [0.15, 0.2) is 0 Å². The van der Waals surface area contributed by atoms with Gasteiger partial charge in [-0.25, -0.2) is 0 Å². The molecule has 96 valence electrons. The smallest absolute Gasteiger partial charge is 0.229 e. The molecule has 0 saturated carbocycles. The summed E-state index contributed by atoms with van der Waals surface area (Å²) < 4.78 is 0. The summed E-state index contributed by atoms with van der Waals surface area (Å²) in [7, 11) is 0. The number of amides is 2. The molecule has 1 aliphatic rings. The fourth-order valence-electron chi connectivity index (χ4n) is 2.30. The fourth-order valence-corrected chi connectivity index (χ4v) is 2.30. The maximum absolute atomic E-state index is 11.8. The van der Waals surface area contributed by atoms with Gasteiger partial charge in [-0.15, -0.1) is 0 Å². The molecule has 4 nitrogen and oxygen atoms in total. The summed E-state index contributed by atoms with van der Waals surface area (Å²) in [6.45, 7) is -0.188. The lowest BCUT2D eigenvalue weighted by molar-refractivity contribution is -0.151. The van der Waals surface area contributed by atoms with Gasteiger partial charge >= 0.3 is 0 Å². The molecule has 1 saturated heterocycles. The van der Waals surface area contributed by atoms with E-state index in [-0.39, 0.29) is 18.4 Å². The molecule has 1 aliphatic heterocycles. The number of likely N-dealkylation sites (tertiary alicyclic amines) is 1. The van der Waals surface area contributed by atoms with Crippen molar-refractivity contribution in [3.63, 3.8) is 0 Å². The van der Waals surface area contributed by atoms with E-state index in [9.17, 15) is 14.7 Å². The highest BCUT2D eigenvalue weighted by Gasteiger charge is 2.31. The lowest BCUT2D eigenvalue weighted by atomic mass is 10.0. The van der Waals surface area contributed by atoms with E-state index in [1.54, 1.807) is 0 Å². The zero-order valence-electron chi connectivity index (χ0n) is 10.2. The molecule has 1 atom stereocenters. The van der Waals surface area contributed by atoms with Gasteiger partial charge in [0.05, 0.1) is 12.6 Å². The van der Waals surface area contributed by atoms with Gasteiger partial charge in [-0.1, -0.05) is 30.3 Å². The highest BCUT2D eigenvalue weighted by Crippen LogP contribution is 2.18. The Balaban J connectivity index is 2.12. The van der Waals surface area contributed by atoms with Crippen LogP contribution < -0.4 is 0 Å². The number of rotatable bonds is 4. The highest BCUT2D eigenvalue weighted by molar-refractivity contribution is 5.97. The fraction of sp³-hybridized carbons (Fsp3) is 0.429. The second kappa shape index (κ2) is 5.78. The number of piperidine rings is 1. The van der Waals surface area contributed by atoms with Crippen LogP contribution in [0.15, 0.2) is 30.3 Å². The number of carbonyl (C=O) groups excluding carboxylic acids is 2. The van der Waals surface area contributed by atoms with Crippen LogP contribution in [0.25, 0.3) is 0 Å². The molecule has 4 heteroatoms. The van der Waals surface area contributed by atoms with Crippen LogP contribution in [-0.2, 0) is 16.0 Å². The standard InChI is InChI=1S/C14H17NO3/c16-10-12(9-11-5-2-1-3-6-11)15-13(17)7-4-8-14(15)18/h1-3,5-6,12,16H,4,7-10H2/t12-/m0/s1. The Hall–Kier alpha value is -1.68. The van der Waals surface area contributed by atoms with E-state index in [2.05, 4.69) is 0 Å². The minimum absolute atomic E-state index is 0.166. The van der Waals surface area contributed by atoms with E-state index in [1.807, 2.05) is 30.3 Å². The van der Waals surface area contributed by atoms with E-state index in [1.165, 1.54) is 4.90 Å². The Morgan fingerprint density at radius 2 is 1.72 bits per heavy atom. The SMILES string of the molecule is O=C1CCCC(=O)N1[C@H](CO)Cc1ccccc1. The van der Waals surface area contributed by atoms with Gasteiger partial charge in [-0.05, 0) is 18.4 Å². The normalized spacial score (nSPS) is 17.9. The number of benzene rings is 1. The first-order valence-corrected chi connectivity index (χ1v) is 6.22. The zero-order chi connectivity index (χ0) is 13.0. The molecule has 0 spiro atoms. The first-order valence-electron chi connectivity index (χ1n) is 6.22. The van der Waals surface area contributed by atoms with Gasteiger partial charge in [-0.3, -0.25) is 14.5 Å². The molecular weight excluding hydrogens is 230 g/mol. The molecule has 0 unspecified atom stereocenters. The predicted octanol–water partition coefficient (Wildman–Crippen LogP) is 1.13. The second-order valence-corrected chi connectivity index (χ2v) is 4.54. The Morgan fingerprint density at radius 1 is 1.11 bits per heavy atom. The third-order valence-corrected chi connectivity index (χ3v) is 3.21. The molecule has 1 aromatic carbocycles. The Morgan fingerprint density at radius 3 is 2.28 bits per heavy atom. The monoisotopic (exact) mass is 247 g/mol. The van der Waals surface area contributed by atoms with Gasteiger partial charge in [0.25, 0.3) is 0 Å². The van der Waals surface area contributed by atoms with Crippen molar-refractivity contribution in [3.05, 3.63) is 35.9 Å². The maximum Gasteiger partial charge on any atom is 0.229 e. The number of aliphatic hydroxyl groups excluding tert-OH is 1. The Labute approximate surface area is 106 Å². The summed E-state index contributed by atoms with van der Waals surface area (Å²) in [5, 5.41) is 9.43. The number of aliphatic hydroxyl groups is 1. The van der Waals surface area contributed by atoms with Crippen LogP contribution in [0.4, 0.5) is 0 Å². The number of nitrogens with zero attached hydrogens (tertiary/aromatic N) is 1. The molecule has 18 heavy (non-hydrogen) atoms. The van der Waals surface area contributed by atoms with Crippen LogP contribution in [0, 0.1) is 0 Å². The molecule has 0 radical (unpaired) electrons. The summed E-state index contributed by atoms with van der Waals surface area (Å²) in [5.74, 6) is -0.331. The first kappa shape index (κ1) is 12.8.